The SMILES string of the molecule is CCOC(=O)c1ccc(NC(=O)CC(=O)Nc2ccccc2C(F)(F)F)cc1. The summed E-state index contributed by atoms with van der Waals surface area (Å²) in [4.78, 5) is 35.4. The number of hydrogen-bond donors (Lipinski definition) is 2. The number of rotatable bonds is 6. The number of anilines is 2. The summed E-state index contributed by atoms with van der Waals surface area (Å²) in [6.45, 7) is 1.90. The fraction of sp³-hybridized carbons (Fsp3) is 0.211. The highest BCUT2D eigenvalue weighted by atomic mass is 19.4. The number of ether oxygens (including phenoxy) is 1. The lowest BCUT2D eigenvalue weighted by atomic mass is 10.1. The maximum absolute atomic E-state index is 12.9. The van der Waals surface area contributed by atoms with Crippen molar-refractivity contribution in [2.75, 3.05) is 17.2 Å². The molecular weight excluding hydrogens is 377 g/mol. The van der Waals surface area contributed by atoms with Gasteiger partial charge in [-0.2, -0.15) is 13.2 Å². The standard InChI is InChI=1S/C19H17F3N2O4/c1-2-28-18(27)12-7-9-13(10-8-12)23-16(25)11-17(26)24-15-6-4-3-5-14(15)19(20,21)22/h3-10H,2,11H2,1H3,(H,23,25)(H,24,26). The van der Waals surface area contributed by atoms with Crippen LogP contribution >= 0.6 is 0 Å². The molecule has 2 N–H and O–H groups in total. The van der Waals surface area contributed by atoms with Gasteiger partial charge in [-0.15, -0.1) is 0 Å². The summed E-state index contributed by atoms with van der Waals surface area (Å²) in [6, 6.07) is 10.2. The van der Waals surface area contributed by atoms with E-state index in [2.05, 4.69) is 10.6 Å². The van der Waals surface area contributed by atoms with Crippen LogP contribution in [0.4, 0.5) is 24.5 Å². The molecular formula is C19H17F3N2O4. The van der Waals surface area contributed by atoms with Gasteiger partial charge in [0.25, 0.3) is 0 Å². The van der Waals surface area contributed by atoms with Crippen molar-refractivity contribution in [1.82, 2.24) is 0 Å². The lowest BCUT2D eigenvalue weighted by Gasteiger charge is -2.13. The first-order valence-corrected chi connectivity index (χ1v) is 8.24. The minimum absolute atomic E-state index is 0.226. The van der Waals surface area contributed by atoms with Crippen LogP contribution < -0.4 is 10.6 Å². The second-order valence-electron chi connectivity index (χ2n) is 5.61. The van der Waals surface area contributed by atoms with Crippen molar-refractivity contribution in [2.24, 2.45) is 0 Å². The van der Waals surface area contributed by atoms with Crippen LogP contribution in [0, 0.1) is 0 Å². The van der Waals surface area contributed by atoms with Gasteiger partial charge < -0.3 is 15.4 Å². The molecule has 0 saturated heterocycles. The lowest BCUT2D eigenvalue weighted by molar-refractivity contribution is -0.137. The Bertz CT molecular complexity index is 864. The van der Waals surface area contributed by atoms with E-state index < -0.39 is 41.6 Å². The van der Waals surface area contributed by atoms with Crippen molar-refractivity contribution < 1.29 is 32.3 Å². The summed E-state index contributed by atoms with van der Waals surface area (Å²) in [5, 5.41) is 4.52. The first kappa shape index (κ1) is 20.9. The van der Waals surface area contributed by atoms with Gasteiger partial charge in [0.05, 0.1) is 23.4 Å². The second kappa shape index (κ2) is 9.03. The first-order valence-electron chi connectivity index (χ1n) is 8.24. The third-order valence-corrected chi connectivity index (χ3v) is 3.51. The number of hydrogen-bond acceptors (Lipinski definition) is 4. The Morgan fingerprint density at radius 1 is 0.929 bits per heavy atom. The summed E-state index contributed by atoms with van der Waals surface area (Å²) >= 11 is 0. The molecule has 148 valence electrons. The highest BCUT2D eigenvalue weighted by molar-refractivity contribution is 6.08. The molecule has 2 aromatic carbocycles. The van der Waals surface area contributed by atoms with Gasteiger partial charge in [-0.3, -0.25) is 9.59 Å². The number of amides is 2. The number of carbonyl (C=O) groups excluding carboxylic acids is 3. The molecule has 0 aliphatic heterocycles. The van der Waals surface area contributed by atoms with Gasteiger partial charge in [0.1, 0.15) is 6.42 Å². The predicted octanol–water partition coefficient (Wildman–Crippen LogP) is 3.85. The quantitative estimate of drug-likeness (QED) is 0.576. The zero-order valence-electron chi connectivity index (χ0n) is 14.8. The number of esters is 1. The monoisotopic (exact) mass is 394 g/mol. The zero-order chi connectivity index (χ0) is 20.7. The molecule has 0 fully saturated rings. The molecule has 2 rings (SSSR count). The molecule has 0 bridgehead atoms. The van der Waals surface area contributed by atoms with E-state index in [0.29, 0.717) is 11.3 Å². The largest absolute Gasteiger partial charge is 0.462 e. The molecule has 2 amide bonds. The lowest BCUT2D eigenvalue weighted by Crippen LogP contribution is -2.22. The van der Waals surface area contributed by atoms with E-state index in [1.165, 1.54) is 36.4 Å². The number of para-hydroxylation sites is 1. The minimum atomic E-state index is -4.63. The fourth-order valence-corrected chi connectivity index (χ4v) is 2.29. The van der Waals surface area contributed by atoms with Crippen LogP contribution in [0.2, 0.25) is 0 Å². The van der Waals surface area contributed by atoms with Gasteiger partial charge in [0.2, 0.25) is 11.8 Å². The van der Waals surface area contributed by atoms with E-state index in [9.17, 15) is 27.6 Å². The van der Waals surface area contributed by atoms with E-state index >= 15 is 0 Å². The molecule has 0 heterocycles. The van der Waals surface area contributed by atoms with Crippen molar-refractivity contribution in [3.63, 3.8) is 0 Å². The van der Waals surface area contributed by atoms with Crippen molar-refractivity contribution in [3.8, 4) is 0 Å². The van der Waals surface area contributed by atoms with E-state index in [4.69, 9.17) is 4.74 Å². The van der Waals surface area contributed by atoms with Crippen LogP contribution in [0.1, 0.15) is 29.3 Å². The summed E-state index contributed by atoms with van der Waals surface area (Å²) in [5.74, 6) is -2.12. The normalized spacial score (nSPS) is 10.9. The Kier molecular flexibility index (Phi) is 6.75. The number of halogens is 3. The van der Waals surface area contributed by atoms with Crippen LogP contribution in [0.15, 0.2) is 48.5 Å². The molecule has 2 aromatic rings. The van der Waals surface area contributed by atoms with Crippen molar-refractivity contribution >= 4 is 29.2 Å². The molecule has 0 saturated carbocycles. The maximum Gasteiger partial charge on any atom is 0.418 e. The highest BCUT2D eigenvalue weighted by Gasteiger charge is 2.33. The van der Waals surface area contributed by atoms with Crippen LogP contribution in [-0.2, 0) is 20.5 Å². The van der Waals surface area contributed by atoms with Gasteiger partial charge in [0.15, 0.2) is 0 Å². The van der Waals surface area contributed by atoms with Crippen molar-refractivity contribution in [2.45, 2.75) is 19.5 Å². The number of nitrogens with one attached hydrogen (secondary N) is 2. The Balaban J connectivity index is 1.95. The summed E-state index contributed by atoms with van der Waals surface area (Å²) < 4.78 is 43.6. The summed E-state index contributed by atoms with van der Waals surface area (Å²) in [7, 11) is 0. The Morgan fingerprint density at radius 3 is 2.14 bits per heavy atom. The minimum Gasteiger partial charge on any atom is -0.462 e. The predicted molar refractivity (Wildman–Crippen MR) is 95.7 cm³/mol. The third kappa shape index (κ3) is 5.83. The molecule has 0 aromatic heterocycles. The van der Waals surface area contributed by atoms with Crippen LogP contribution in [0.5, 0.6) is 0 Å². The van der Waals surface area contributed by atoms with Crippen molar-refractivity contribution in [3.05, 3.63) is 59.7 Å². The summed E-state index contributed by atoms with van der Waals surface area (Å²) in [5.41, 5.74) is -0.812. The molecule has 0 unspecified atom stereocenters. The van der Waals surface area contributed by atoms with Gasteiger partial charge in [-0.05, 0) is 43.3 Å². The zero-order valence-corrected chi connectivity index (χ0v) is 14.8. The fourth-order valence-electron chi connectivity index (χ4n) is 2.29. The number of benzene rings is 2. The van der Waals surface area contributed by atoms with Gasteiger partial charge in [-0.25, -0.2) is 4.79 Å². The van der Waals surface area contributed by atoms with Crippen LogP contribution in [0.25, 0.3) is 0 Å². The van der Waals surface area contributed by atoms with E-state index in [1.54, 1.807) is 6.92 Å². The van der Waals surface area contributed by atoms with Gasteiger partial charge in [-0.1, -0.05) is 12.1 Å². The smallest absolute Gasteiger partial charge is 0.418 e. The average Bonchev–Trinajstić information content (AvgIpc) is 2.61. The van der Waals surface area contributed by atoms with Gasteiger partial charge >= 0.3 is 12.1 Å². The topological polar surface area (TPSA) is 84.5 Å². The molecule has 9 heteroatoms. The molecule has 0 aliphatic carbocycles. The third-order valence-electron chi connectivity index (χ3n) is 3.51. The Labute approximate surface area is 158 Å². The Morgan fingerprint density at radius 2 is 1.54 bits per heavy atom. The van der Waals surface area contributed by atoms with E-state index in [-0.39, 0.29) is 6.61 Å². The number of alkyl halides is 3. The van der Waals surface area contributed by atoms with Gasteiger partial charge in [0, 0.05) is 5.69 Å². The molecule has 28 heavy (non-hydrogen) atoms. The molecule has 6 nitrogen and oxygen atoms in total. The summed E-state index contributed by atoms with van der Waals surface area (Å²) in [6.07, 6.45) is -5.31. The highest BCUT2D eigenvalue weighted by Crippen LogP contribution is 2.34. The Hall–Kier alpha value is -3.36. The molecule has 0 aliphatic rings. The van der Waals surface area contributed by atoms with Crippen LogP contribution in [-0.4, -0.2) is 24.4 Å². The van der Waals surface area contributed by atoms with E-state index in [1.807, 2.05) is 0 Å². The molecule has 0 spiro atoms. The molecule has 0 atom stereocenters. The maximum atomic E-state index is 12.9. The first-order chi connectivity index (χ1) is 13.2. The van der Waals surface area contributed by atoms with Crippen LogP contribution in [0.3, 0.4) is 0 Å². The van der Waals surface area contributed by atoms with E-state index in [0.717, 1.165) is 12.1 Å². The number of carbonyl (C=O) groups is 3. The average molecular weight is 394 g/mol. The van der Waals surface area contributed by atoms with Crippen molar-refractivity contribution in [1.29, 1.82) is 0 Å². The second-order valence-corrected chi connectivity index (χ2v) is 5.61. The molecule has 0 radical (unpaired) electrons.